The fourth-order valence-corrected chi connectivity index (χ4v) is 8.19. The molecule has 3 N–H and O–H groups in total. The third-order valence-corrected chi connectivity index (χ3v) is 11.2. The monoisotopic (exact) mass is 669 g/mol. The van der Waals surface area contributed by atoms with Crippen molar-refractivity contribution in [3.05, 3.63) is 47.5 Å². The largest absolute Gasteiger partial charge is 0.344 e. The van der Waals surface area contributed by atoms with Gasteiger partial charge in [0.25, 0.3) is 5.91 Å². The van der Waals surface area contributed by atoms with Crippen molar-refractivity contribution in [1.29, 1.82) is 0 Å². The molecule has 0 bridgehead atoms. The van der Waals surface area contributed by atoms with Crippen LogP contribution in [0.1, 0.15) is 87.8 Å². The summed E-state index contributed by atoms with van der Waals surface area (Å²) in [4.78, 5) is 56.9. The lowest BCUT2D eigenvalue weighted by Gasteiger charge is -2.34. The number of halogens is 1. The average molecular weight is 670 g/mol. The van der Waals surface area contributed by atoms with Gasteiger partial charge in [0.15, 0.2) is 0 Å². The predicted molar refractivity (Wildman–Crippen MR) is 180 cm³/mol. The van der Waals surface area contributed by atoms with Gasteiger partial charge in [0, 0.05) is 51.3 Å². The highest BCUT2D eigenvalue weighted by Crippen LogP contribution is 2.60. The molecule has 13 heteroatoms. The zero-order valence-electron chi connectivity index (χ0n) is 27.9. The second kappa shape index (κ2) is 15.2. The van der Waals surface area contributed by atoms with Gasteiger partial charge in [0.2, 0.25) is 17.7 Å². The lowest BCUT2D eigenvalue weighted by Crippen LogP contribution is -2.54. The van der Waals surface area contributed by atoms with Crippen LogP contribution in [-0.2, 0) is 20.8 Å². The molecule has 3 atom stereocenters. The molecule has 2 aliphatic heterocycles. The molecule has 256 valence electrons. The first-order valence-electron chi connectivity index (χ1n) is 16.9. The molecule has 1 aromatic carbocycles. The van der Waals surface area contributed by atoms with Crippen LogP contribution in [0.3, 0.4) is 0 Å². The van der Waals surface area contributed by atoms with E-state index >= 15 is 4.39 Å². The zero-order valence-corrected chi connectivity index (χ0v) is 28.7. The maximum atomic E-state index is 15.6. The third-order valence-electron chi connectivity index (χ3n) is 9.61. The van der Waals surface area contributed by atoms with Crippen molar-refractivity contribution in [3.8, 4) is 0 Å². The van der Waals surface area contributed by atoms with Gasteiger partial charge in [0.05, 0.1) is 5.69 Å². The summed E-state index contributed by atoms with van der Waals surface area (Å²) >= 11 is 1.43. The Balaban J connectivity index is 1.31. The molecule has 2 saturated heterocycles. The second-order valence-electron chi connectivity index (χ2n) is 13.3. The van der Waals surface area contributed by atoms with Gasteiger partial charge in [-0.05, 0) is 63.4 Å². The number of thioether (sulfide) groups is 1. The Hall–Kier alpha value is -3.45. The number of rotatable bonds is 11. The molecule has 0 spiro atoms. The molecule has 11 nitrogen and oxygen atoms in total. The zero-order chi connectivity index (χ0) is 33.7. The number of likely N-dealkylation sites (N-methyl/N-ethyl adjacent to an activating group) is 1. The Morgan fingerprint density at radius 1 is 1.04 bits per heavy atom. The van der Waals surface area contributed by atoms with Crippen molar-refractivity contribution in [2.75, 3.05) is 38.5 Å². The van der Waals surface area contributed by atoms with Crippen LogP contribution >= 0.6 is 11.8 Å². The van der Waals surface area contributed by atoms with Gasteiger partial charge in [-0.25, -0.2) is 4.39 Å². The van der Waals surface area contributed by atoms with Crippen molar-refractivity contribution in [3.63, 3.8) is 0 Å². The van der Waals surface area contributed by atoms with E-state index in [4.69, 9.17) is 0 Å². The Morgan fingerprint density at radius 3 is 2.38 bits per heavy atom. The Morgan fingerprint density at radius 2 is 1.74 bits per heavy atom. The summed E-state index contributed by atoms with van der Waals surface area (Å²) in [7, 11) is 2.00. The number of aromatic nitrogens is 2. The topological polar surface area (TPSA) is 129 Å². The molecular weight excluding hydrogens is 621 g/mol. The van der Waals surface area contributed by atoms with Crippen molar-refractivity contribution in [2.45, 2.75) is 94.3 Å². The van der Waals surface area contributed by atoms with Gasteiger partial charge in [-0.15, -0.1) is 11.8 Å². The highest BCUT2D eigenvalue weighted by atomic mass is 32.2. The first kappa shape index (κ1) is 34.9. The molecule has 1 saturated carbocycles. The predicted octanol–water partition coefficient (Wildman–Crippen LogP) is 3.97. The summed E-state index contributed by atoms with van der Waals surface area (Å²) in [5.41, 5.74) is 1.01. The molecule has 4 amide bonds. The quantitative estimate of drug-likeness (QED) is 0.244. The van der Waals surface area contributed by atoms with E-state index < -0.39 is 22.0 Å². The minimum atomic E-state index is -0.905. The van der Waals surface area contributed by atoms with Gasteiger partial charge >= 0.3 is 0 Å². The first-order valence-corrected chi connectivity index (χ1v) is 17.8. The Bertz CT molecular complexity index is 1450. The standard InChI is InChI=1S/C34H48FN7O4S/c1-5-29(43)37-27(31(45)41-18-16-40(4)17-19-41)21-23-12-13-26(25(35)20-23)38-32(46)34(24-10-8-6-7-9-11-24)33(47-34)39-30(44)28-14-15-36-42(28)22(2)3/h12-15,20,22,24,27,33H,5-11,16-19,21H2,1-4H3,(H,37,43)(H,38,46)(H,39,44)/t27-,33?,34+/m1/s1. The summed E-state index contributed by atoms with van der Waals surface area (Å²) < 4.78 is 16.4. The number of amides is 4. The Labute approximate surface area is 280 Å². The van der Waals surface area contributed by atoms with Crippen molar-refractivity contribution >= 4 is 41.1 Å². The number of carbonyl (C=O) groups excluding carboxylic acids is 4. The minimum absolute atomic E-state index is 0.00145. The smallest absolute Gasteiger partial charge is 0.270 e. The van der Waals surface area contributed by atoms with E-state index in [1.165, 1.54) is 23.9 Å². The van der Waals surface area contributed by atoms with Gasteiger partial charge in [-0.3, -0.25) is 23.9 Å². The summed E-state index contributed by atoms with van der Waals surface area (Å²) in [6, 6.07) is 5.38. The number of nitrogens with one attached hydrogen (secondary N) is 3. The van der Waals surface area contributed by atoms with Crippen molar-refractivity contribution in [2.24, 2.45) is 5.92 Å². The normalized spacial score (nSPS) is 22.8. The molecule has 3 aliphatic rings. The summed E-state index contributed by atoms with van der Waals surface area (Å²) in [5.74, 6) is -1.61. The van der Waals surface area contributed by atoms with E-state index in [9.17, 15) is 19.2 Å². The number of hydrogen-bond acceptors (Lipinski definition) is 7. The van der Waals surface area contributed by atoms with Crippen LogP contribution in [0.5, 0.6) is 0 Å². The van der Waals surface area contributed by atoms with Gasteiger partial charge in [0.1, 0.15) is 27.7 Å². The summed E-state index contributed by atoms with van der Waals surface area (Å²) in [6.45, 7) is 8.25. The summed E-state index contributed by atoms with van der Waals surface area (Å²) in [6.07, 6.45) is 7.91. The minimum Gasteiger partial charge on any atom is -0.344 e. The summed E-state index contributed by atoms with van der Waals surface area (Å²) in [5, 5.41) is 12.6. The number of hydrogen-bond donors (Lipinski definition) is 3. The maximum Gasteiger partial charge on any atom is 0.270 e. The molecule has 3 fully saturated rings. The molecule has 0 radical (unpaired) electrons. The van der Waals surface area contributed by atoms with E-state index in [0.29, 0.717) is 24.3 Å². The highest BCUT2D eigenvalue weighted by Gasteiger charge is 2.66. The number of nitrogens with zero attached hydrogens (tertiary/aromatic N) is 4. The van der Waals surface area contributed by atoms with Crippen LogP contribution in [0.2, 0.25) is 0 Å². The van der Waals surface area contributed by atoms with Crippen LogP contribution < -0.4 is 16.0 Å². The van der Waals surface area contributed by atoms with Gasteiger partial charge < -0.3 is 25.8 Å². The van der Waals surface area contributed by atoms with Crippen LogP contribution in [0.4, 0.5) is 10.1 Å². The highest BCUT2D eigenvalue weighted by molar-refractivity contribution is 8.09. The van der Waals surface area contributed by atoms with E-state index in [0.717, 1.165) is 51.6 Å². The van der Waals surface area contributed by atoms with Crippen molar-refractivity contribution < 1.29 is 23.6 Å². The molecule has 1 aromatic heterocycles. The van der Waals surface area contributed by atoms with Crippen LogP contribution in [0.15, 0.2) is 30.5 Å². The molecule has 3 heterocycles. The molecule has 5 rings (SSSR count). The fourth-order valence-electron chi connectivity index (χ4n) is 6.76. The lowest BCUT2D eigenvalue weighted by atomic mass is 9.85. The molecule has 1 unspecified atom stereocenters. The van der Waals surface area contributed by atoms with Crippen LogP contribution in [0, 0.1) is 11.7 Å². The SMILES string of the molecule is CCC(=O)N[C@H](Cc1ccc(NC(=O)[C@]2(C3CCCCCC3)SC2NC(=O)c2ccnn2C(C)C)c(F)c1)C(=O)N1CCN(C)CC1. The first-order chi connectivity index (χ1) is 22.5. The van der Waals surface area contributed by atoms with Crippen molar-refractivity contribution in [1.82, 2.24) is 30.2 Å². The van der Waals surface area contributed by atoms with Crippen LogP contribution in [-0.4, -0.2) is 92.6 Å². The van der Waals surface area contributed by atoms with E-state index in [2.05, 4.69) is 25.9 Å². The average Bonchev–Trinajstić information content (AvgIpc) is 3.65. The maximum absolute atomic E-state index is 15.6. The Kier molecular flexibility index (Phi) is 11.3. The molecular formula is C34H48FN7O4S. The lowest BCUT2D eigenvalue weighted by molar-refractivity contribution is -0.137. The number of anilines is 1. The number of piperazine rings is 1. The second-order valence-corrected chi connectivity index (χ2v) is 14.7. The third kappa shape index (κ3) is 7.99. The van der Waals surface area contributed by atoms with E-state index in [1.807, 2.05) is 20.9 Å². The number of benzene rings is 1. The van der Waals surface area contributed by atoms with Gasteiger partial charge in [-0.2, -0.15) is 5.10 Å². The fraction of sp³-hybridized carbons (Fsp3) is 0.618. The van der Waals surface area contributed by atoms with E-state index in [-0.39, 0.29) is 54.1 Å². The van der Waals surface area contributed by atoms with Gasteiger partial charge in [-0.1, -0.05) is 38.7 Å². The number of carbonyl (C=O) groups is 4. The van der Waals surface area contributed by atoms with E-state index in [1.54, 1.807) is 34.8 Å². The molecule has 47 heavy (non-hydrogen) atoms. The molecule has 1 aliphatic carbocycles. The molecule has 2 aromatic rings. The van der Waals surface area contributed by atoms with Crippen LogP contribution in [0.25, 0.3) is 0 Å².